The van der Waals surface area contributed by atoms with Crippen molar-refractivity contribution in [2.45, 2.75) is 18.8 Å². The second-order valence-electron chi connectivity index (χ2n) is 8.09. The van der Waals surface area contributed by atoms with Gasteiger partial charge in [0.2, 0.25) is 0 Å². The molecule has 2 N–H and O–H groups in total. The van der Waals surface area contributed by atoms with Gasteiger partial charge in [0.25, 0.3) is 0 Å². The van der Waals surface area contributed by atoms with Crippen LogP contribution >= 0.6 is 23.2 Å². The van der Waals surface area contributed by atoms with Gasteiger partial charge in [0.1, 0.15) is 29.3 Å². The number of carbonyl (C=O) groups is 2. The lowest BCUT2D eigenvalue weighted by molar-refractivity contribution is -0.192. The summed E-state index contributed by atoms with van der Waals surface area (Å²) in [6.07, 6.45) is -2.08. The van der Waals surface area contributed by atoms with Gasteiger partial charge in [-0.05, 0) is 29.8 Å². The Kier molecular flexibility index (Phi) is 10.4. The number of ether oxygens (including phenoxy) is 2. The summed E-state index contributed by atoms with van der Waals surface area (Å²) in [6, 6.07) is 11.1. The van der Waals surface area contributed by atoms with Crippen LogP contribution < -0.4 is 10.1 Å². The molecule has 9 nitrogen and oxygen atoms in total. The maximum absolute atomic E-state index is 13.0. The van der Waals surface area contributed by atoms with Gasteiger partial charge in [0.05, 0.1) is 36.6 Å². The third kappa shape index (κ3) is 9.30. The lowest BCUT2D eigenvalue weighted by atomic mass is 10.2. The van der Waals surface area contributed by atoms with Gasteiger partial charge in [-0.1, -0.05) is 41.4 Å². The number of benzene rings is 2. The zero-order valence-electron chi connectivity index (χ0n) is 20.0. The van der Waals surface area contributed by atoms with Crippen LogP contribution in [0.15, 0.2) is 54.9 Å². The number of hydrogen-bond donors (Lipinski definition) is 2. The fraction of sp³-hybridized carbons (Fsp3) is 0.292. The van der Waals surface area contributed by atoms with Crippen molar-refractivity contribution in [3.63, 3.8) is 0 Å². The van der Waals surface area contributed by atoms with Crippen LogP contribution in [0.1, 0.15) is 5.56 Å². The minimum atomic E-state index is -5.08. The smallest absolute Gasteiger partial charge is 0.489 e. The van der Waals surface area contributed by atoms with Crippen molar-refractivity contribution in [1.82, 2.24) is 14.7 Å². The van der Waals surface area contributed by atoms with Crippen molar-refractivity contribution >= 4 is 40.9 Å². The fourth-order valence-corrected chi connectivity index (χ4v) is 3.62. The largest absolute Gasteiger partial charge is 0.490 e. The van der Waals surface area contributed by atoms with E-state index < -0.39 is 12.1 Å². The van der Waals surface area contributed by atoms with Crippen LogP contribution in [0.2, 0.25) is 10.0 Å². The van der Waals surface area contributed by atoms with Crippen LogP contribution in [0.4, 0.5) is 28.0 Å². The van der Waals surface area contributed by atoms with Crippen LogP contribution in [-0.4, -0.2) is 70.4 Å². The summed E-state index contributed by atoms with van der Waals surface area (Å²) in [6.45, 7) is 1.94. The topological polar surface area (TPSA) is 106 Å². The fourth-order valence-electron chi connectivity index (χ4n) is 3.28. The Balaban J connectivity index is 0.000000532. The number of urea groups is 1. The summed E-state index contributed by atoms with van der Waals surface area (Å²) in [7, 11) is 0. The highest BCUT2D eigenvalue weighted by molar-refractivity contribution is 6.42. The van der Waals surface area contributed by atoms with E-state index in [4.69, 9.17) is 42.6 Å². The number of nitrogens with zero attached hydrogens (tertiary/aromatic N) is 3. The number of carboxylic acid groups (broad SMARTS) is 1. The molecule has 4 rings (SSSR count). The highest BCUT2D eigenvalue weighted by atomic mass is 35.5. The average Bonchev–Trinajstić information content (AvgIpc) is 3.33. The Morgan fingerprint density at radius 1 is 1.18 bits per heavy atom. The Morgan fingerprint density at radius 2 is 1.87 bits per heavy atom. The molecule has 1 unspecified atom stereocenters. The van der Waals surface area contributed by atoms with Crippen molar-refractivity contribution in [3.05, 3.63) is 76.3 Å². The van der Waals surface area contributed by atoms with E-state index in [1.807, 2.05) is 0 Å². The number of hydrogen-bond acceptors (Lipinski definition) is 5. The Morgan fingerprint density at radius 3 is 2.54 bits per heavy atom. The first kappa shape index (κ1) is 30.0. The van der Waals surface area contributed by atoms with Crippen LogP contribution in [-0.2, 0) is 16.1 Å². The number of nitrogens with one attached hydrogen (secondary N) is 1. The van der Waals surface area contributed by atoms with Crippen molar-refractivity contribution in [1.29, 1.82) is 0 Å². The Hall–Kier alpha value is -3.55. The first-order valence-corrected chi connectivity index (χ1v) is 12.0. The Bertz CT molecular complexity index is 1270. The Labute approximate surface area is 229 Å². The van der Waals surface area contributed by atoms with Crippen molar-refractivity contribution < 1.29 is 41.7 Å². The maximum Gasteiger partial charge on any atom is 0.490 e. The molecule has 39 heavy (non-hydrogen) atoms. The summed E-state index contributed by atoms with van der Waals surface area (Å²) < 4.78 is 57.9. The maximum atomic E-state index is 13.0. The number of morpholine rings is 1. The van der Waals surface area contributed by atoms with E-state index in [1.54, 1.807) is 52.3 Å². The number of carboxylic acids is 1. The number of aromatic nitrogens is 2. The summed E-state index contributed by atoms with van der Waals surface area (Å²) in [5.41, 5.74) is 1.48. The molecule has 1 aliphatic heterocycles. The van der Waals surface area contributed by atoms with E-state index in [0.717, 1.165) is 5.56 Å². The normalized spacial score (nSPS) is 15.2. The molecule has 0 saturated carbocycles. The molecule has 15 heteroatoms. The van der Waals surface area contributed by atoms with E-state index >= 15 is 0 Å². The molecular formula is C24H22Cl2F4N4O5. The van der Waals surface area contributed by atoms with E-state index in [1.165, 1.54) is 12.1 Å². The number of carbonyl (C=O) groups excluding carboxylic acids is 1. The molecule has 1 fully saturated rings. The lowest BCUT2D eigenvalue weighted by Gasteiger charge is -2.32. The molecule has 1 atom stereocenters. The SMILES string of the molecule is O=C(Nc1cnn(Cc2ccc(F)cc2)c1)N1CCOC(COc2cccc(Cl)c2Cl)C1.O=C(O)C(F)(F)F. The number of halogens is 6. The number of rotatable bonds is 6. The van der Waals surface area contributed by atoms with Gasteiger partial charge >= 0.3 is 18.2 Å². The quantitative estimate of drug-likeness (QED) is 0.375. The van der Waals surface area contributed by atoms with Crippen molar-refractivity contribution in [2.75, 3.05) is 31.6 Å². The standard InChI is InChI=1S/C22H21Cl2FN4O3.C2HF3O2/c23-19-2-1-3-20(21(19)24)32-14-18-13-28(8-9-31-18)22(30)27-17-10-26-29(12-17)11-15-4-6-16(25)7-5-15;3-2(4,5)1(6)7/h1-7,10,12,18H,8-9,11,13-14H2,(H,27,30);(H,6,7). The molecule has 2 aromatic carbocycles. The number of alkyl halides is 3. The van der Waals surface area contributed by atoms with Gasteiger partial charge in [0.15, 0.2) is 0 Å². The minimum absolute atomic E-state index is 0.236. The molecule has 1 saturated heterocycles. The second-order valence-corrected chi connectivity index (χ2v) is 8.87. The van der Waals surface area contributed by atoms with E-state index in [-0.39, 0.29) is 24.6 Å². The summed E-state index contributed by atoms with van der Waals surface area (Å²) in [5.74, 6) is -2.57. The number of amides is 2. The van der Waals surface area contributed by atoms with Crippen LogP contribution in [0.5, 0.6) is 5.75 Å². The van der Waals surface area contributed by atoms with Gasteiger partial charge in [0, 0.05) is 12.7 Å². The van der Waals surface area contributed by atoms with Gasteiger partial charge in [-0.15, -0.1) is 0 Å². The second kappa shape index (κ2) is 13.5. The first-order valence-electron chi connectivity index (χ1n) is 11.2. The molecule has 0 radical (unpaired) electrons. The molecule has 1 aromatic heterocycles. The third-order valence-electron chi connectivity index (χ3n) is 5.15. The van der Waals surface area contributed by atoms with E-state index in [9.17, 15) is 22.4 Å². The van der Waals surface area contributed by atoms with Crippen LogP contribution in [0.25, 0.3) is 0 Å². The molecule has 0 spiro atoms. The molecule has 0 bridgehead atoms. The highest BCUT2D eigenvalue weighted by Gasteiger charge is 2.38. The molecular weight excluding hydrogens is 571 g/mol. The van der Waals surface area contributed by atoms with Crippen molar-refractivity contribution in [3.8, 4) is 5.75 Å². The van der Waals surface area contributed by atoms with Gasteiger partial charge in [-0.3, -0.25) is 4.68 Å². The monoisotopic (exact) mass is 592 g/mol. The summed E-state index contributed by atoms with van der Waals surface area (Å²) in [5, 5.41) is 15.0. The van der Waals surface area contributed by atoms with Gasteiger partial charge in [-0.2, -0.15) is 18.3 Å². The molecule has 210 valence electrons. The molecule has 1 aliphatic rings. The molecule has 0 aliphatic carbocycles. The van der Waals surface area contributed by atoms with E-state index in [0.29, 0.717) is 47.7 Å². The summed E-state index contributed by atoms with van der Waals surface area (Å²) in [4.78, 5) is 23.2. The predicted molar refractivity (Wildman–Crippen MR) is 134 cm³/mol. The lowest BCUT2D eigenvalue weighted by Crippen LogP contribution is -2.49. The zero-order chi connectivity index (χ0) is 28.6. The molecule has 2 amide bonds. The van der Waals surface area contributed by atoms with Gasteiger partial charge in [-0.25, -0.2) is 14.0 Å². The van der Waals surface area contributed by atoms with Crippen molar-refractivity contribution in [2.24, 2.45) is 0 Å². The molecule has 2 heterocycles. The third-order valence-corrected chi connectivity index (χ3v) is 5.95. The van der Waals surface area contributed by atoms with Gasteiger partial charge < -0.3 is 24.8 Å². The summed E-state index contributed by atoms with van der Waals surface area (Å²) >= 11 is 12.1. The molecule has 3 aromatic rings. The number of aliphatic carboxylic acids is 1. The average molecular weight is 593 g/mol. The van der Waals surface area contributed by atoms with Crippen LogP contribution in [0, 0.1) is 5.82 Å². The zero-order valence-corrected chi connectivity index (χ0v) is 21.5. The number of anilines is 1. The van der Waals surface area contributed by atoms with Crippen LogP contribution in [0.3, 0.4) is 0 Å². The minimum Gasteiger partial charge on any atom is -0.489 e. The first-order chi connectivity index (χ1) is 18.4. The predicted octanol–water partition coefficient (Wildman–Crippen LogP) is 5.32. The highest BCUT2D eigenvalue weighted by Crippen LogP contribution is 2.31. The van der Waals surface area contributed by atoms with E-state index in [2.05, 4.69) is 10.4 Å².